The predicted molar refractivity (Wildman–Crippen MR) is 95.9 cm³/mol. The van der Waals surface area contributed by atoms with Crippen LogP contribution in [0.5, 0.6) is 0 Å². The Balaban J connectivity index is 1.65. The van der Waals surface area contributed by atoms with E-state index in [9.17, 15) is 4.79 Å². The van der Waals surface area contributed by atoms with Gasteiger partial charge in [0.15, 0.2) is 5.76 Å². The van der Waals surface area contributed by atoms with Gasteiger partial charge in [-0.15, -0.1) is 11.3 Å². The molecule has 3 aromatic heterocycles. The number of aromatic nitrogens is 2. The van der Waals surface area contributed by atoms with E-state index in [2.05, 4.69) is 10.5 Å². The first kappa shape index (κ1) is 15.5. The van der Waals surface area contributed by atoms with Gasteiger partial charge in [-0.25, -0.2) is 0 Å². The third kappa shape index (κ3) is 2.89. The molecule has 24 heavy (non-hydrogen) atoms. The van der Waals surface area contributed by atoms with Crippen LogP contribution in [0, 0.1) is 6.92 Å². The molecule has 0 saturated carbocycles. The fraction of sp³-hybridized carbons (Fsp3) is 0.294. The minimum Gasteiger partial charge on any atom is -0.359 e. The maximum absolute atomic E-state index is 12.9. The summed E-state index contributed by atoms with van der Waals surface area (Å²) in [6.07, 6.45) is 4.92. The largest absolute Gasteiger partial charge is 0.359 e. The second-order valence-corrected chi connectivity index (χ2v) is 7.88. The highest BCUT2D eigenvalue weighted by molar-refractivity contribution is 7.98. The smallest absolute Gasteiger partial charge is 0.254 e. The molecular formula is C17H17N3O2S2. The quantitative estimate of drug-likeness (QED) is 0.774. The van der Waals surface area contributed by atoms with E-state index in [-0.39, 0.29) is 5.91 Å². The second kappa shape index (κ2) is 6.49. The number of hydrogen-bond donors (Lipinski definition) is 1. The minimum atomic E-state index is -0.0443. The third-order valence-electron chi connectivity index (χ3n) is 3.97. The highest BCUT2D eigenvalue weighted by atomic mass is 32.2. The summed E-state index contributed by atoms with van der Waals surface area (Å²) >= 11 is 3.65. The van der Waals surface area contributed by atoms with Crippen molar-refractivity contribution < 1.29 is 9.32 Å². The first-order chi connectivity index (χ1) is 11.7. The van der Waals surface area contributed by atoms with E-state index < -0.39 is 0 Å². The van der Waals surface area contributed by atoms with Gasteiger partial charge in [0.2, 0.25) is 0 Å². The maximum Gasteiger partial charge on any atom is 0.254 e. The van der Waals surface area contributed by atoms with E-state index >= 15 is 0 Å². The number of thiophene rings is 1. The Hall–Kier alpha value is -1.99. The zero-order valence-corrected chi connectivity index (χ0v) is 14.9. The predicted octanol–water partition coefficient (Wildman–Crippen LogP) is 3.55. The Morgan fingerprint density at radius 1 is 1.42 bits per heavy atom. The van der Waals surface area contributed by atoms with Crippen LogP contribution in [0.2, 0.25) is 0 Å². The van der Waals surface area contributed by atoms with Crippen LogP contribution in [0.25, 0.3) is 5.00 Å². The number of rotatable bonds is 4. The highest BCUT2D eigenvalue weighted by Gasteiger charge is 2.26. The lowest BCUT2D eigenvalue weighted by atomic mass is 10.1. The van der Waals surface area contributed by atoms with Gasteiger partial charge >= 0.3 is 0 Å². The molecule has 3 aromatic rings. The molecule has 124 valence electrons. The Morgan fingerprint density at radius 2 is 2.25 bits per heavy atom. The molecule has 1 amide bonds. The van der Waals surface area contributed by atoms with E-state index in [1.807, 2.05) is 53.8 Å². The maximum atomic E-state index is 12.9. The molecule has 0 saturated heterocycles. The minimum absolute atomic E-state index is 0.0443. The van der Waals surface area contributed by atoms with E-state index in [1.165, 1.54) is 10.4 Å². The first-order valence-corrected chi connectivity index (χ1v) is 9.75. The molecule has 0 unspecified atom stereocenters. The lowest BCUT2D eigenvalue weighted by Crippen LogP contribution is -2.25. The monoisotopic (exact) mass is 359 g/mol. The lowest BCUT2D eigenvalue weighted by molar-refractivity contribution is 0.0946. The topological polar surface area (TPSA) is 60.1 Å². The first-order valence-electron chi connectivity index (χ1n) is 7.78. The van der Waals surface area contributed by atoms with Crippen LogP contribution in [0.1, 0.15) is 32.3 Å². The molecule has 0 bridgehead atoms. The molecule has 7 heteroatoms. The molecule has 4 heterocycles. The summed E-state index contributed by atoms with van der Waals surface area (Å²) in [4.78, 5) is 14.2. The zero-order chi connectivity index (χ0) is 16.5. The van der Waals surface area contributed by atoms with Gasteiger partial charge in [-0.2, -0.15) is 11.8 Å². The summed E-state index contributed by atoms with van der Waals surface area (Å²) in [5, 5.41) is 7.83. The average molecular weight is 359 g/mol. The summed E-state index contributed by atoms with van der Waals surface area (Å²) < 4.78 is 7.21. The third-order valence-corrected chi connectivity index (χ3v) is 6.38. The number of carbonyl (C=O) groups is 1. The fourth-order valence-corrected chi connectivity index (χ4v) is 5.30. The summed E-state index contributed by atoms with van der Waals surface area (Å²) in [5.41, 5.74) is 2.83. The van der Waals surface area contributed by atoms with Crippen LogP contribution in [0.4, 0.5) is 0 Å². The Kier molecular flexibility index (Phi) is 4.20. The molecule has 0 aliphatic carbocycles. The Bertz CT molecular complexity index is 865. The van der Waals surface area contributed by atoms with Crippen molar-refractivity contribution in [3.8, 4) is 5.00 Å². The molecule has 1 aliphatic rings. The van der Waals surface area contributed by atoms with Gasteiger partial charge < -0.3 is 14.4 Å². The van der Waals surface area contributed by atoms with Crippen LogP contribution < -0.4 is 5.32 Å². The lowest BCUT2D eigenvalue weighted by Gasteiger charge is -2.12. The van der Waals surface area contributed by atoms with Crippen molar-refractivity contribution in [1.82, 2.24) is 15.0 Å². The van der Waals surface area contributed by atoms with Gasteiger partial charge in [-0.05, 0) is 36.8 Å². The summed E-state index contributed by atoms with van der Waals surface area (Å²) in [7, 11) is 0. The standard InChI is InChI=1S/C17H17N3O2S2/c1-11-8-12(22-19-11)9-18-16(21)15-13-4-7-23-10-14(13)24-17(15)20-5-2-3-6-20/h2-3,5-6,8H,4,7,9-10H2,1H3,(H,18,21). The van der Waals surface area contributed by atoms with Crippen molar-refractivity contribution >= 4 is 29.0 Å². The number of amides is 1. The normalized spacial score (nSPS) is 13.7. The highest BCUT2D eigenvalue weighted by Crippen LogP contribution is 2.38. The average Bonchev–Trinajstić information content (AvgIpc) is 3.31. The molecule has 1 aliphatic heterocycles. The number of nitrogens with zero attached hydrogens (tertiary/aromatic N) is 2. The molecule has 4 rings (SSSR count). The number of thioether (sulfide) groups is 1. The zero-order valence-electron chi connectivity index (χ0n) is 13.2. The molecule has 0 radical (unpaired) electrons. The molecule has 0 atom stereocenters. The van der Waals surface area contributed by atoms with Crippen LogP contribution in [0.3, 0.4) is 0 Å². The fourth-order valence-electron chi connectivity index (χ4n) is 2.86. The number of fused-ring (bicyclic) bond motifs is 1. The van der Waals surface area contributed by atoms with Crippen molar-refractivity contribution in [1.29, 1.82) is 0 Å². The summed E-state index contributed by atoms with van der Waals surface area (Å²) in [5.74, 6) is 2.68. The van der Waals surface area contributed by atoms with E-state index in [1.54, 1.807) is 11.3 Å². The molecule has 0 fully saturated rings. The van der Waals surface area contributed by atoms with Crippen LogP contribution in [0.15, 0.2) is 35.1 Å². The molecular weight excluding hydrogens is 342 g/mol. The number of carbonyl (C=O) groups excluding carboxylic acids is 1. The van der Waals surface area contributed by atoms with Crippen LogP contribution >= 0.6 is 23.1 Å². The van der Waals surface area contributed by atoms with Crippen molar-refractivity contribution in [3.05, 3.63) is 58.1 Å². The molecule has 0 aromatic carbocycles. The molecule has 5 nitrogen and oxygen atoms in total. The van der Waals surface area contributed by atoms with Gasteiger partial charge in [0.1, 0.15) is 5.00 Å². The Labute approximate surface area is 148 Å². The summed E-state index contributed by atoms with van der Waals surface area (Å²) in [6, 6.07) is 5.80. The van der Waals surface area contributed by atoms with Gasteiger partial charge in [0, 0.05) is 29.1 Å². The Morgan fingerprint density at radius 3 is 3.00 bits per heavy atom. The van der Waals surface area contributed by atoms with E-state index in [0.717, 1.165) is 34.2 Å². The summed E-state index contributed by atoms with van der Waals surface area (Å²) in [6.45, 7) is 2.22. The SMILES string of the molecule is Cc1cc(CNC(=O)c2c(-n3cccc3)sc3c2CCSC3)on1. The van der Waals surface area contributed by atoms with Crippen molar-refractivity contribution in [2.45, 2.75) is 25.6 Å². The van der Waals surface area contributed by atoms with Crippen LogP contribution in [-0.4, -0.2) is 21.4 Å². The van der Waals surface area contributed by atoms with Gasteiger partial charge in [0.05, 0.1) is 17.8 Å². The van der Waals surface area contributed by atoms with Gasteiger partial charge in [0.25, 0.3) is 5.91 Å². The van der Waals surface area contributed by atoms with Gasteiger partial charge in [-0.3, -0.25) is 4.79 Å². The van der Waals surface area contributed by atoms with Gasteiger partial charge in [-0.1, -0.05) is 5.16 Å². The van der Waals surface area contributed by atoms with E-state index in [4.69, 9.17) is 4.52 Å². The van der Waals surface area contributed by atoms with Crippen molar-refractivity contribution in [3.63, 3.8) is 0 Å². The van der Waals surface area contributed by atoms with Crippen molar-refractivity contribution in [2.75, 3.05) is 5.75 Å². The number of nitrogens with one attached hydrogen (secondary N) is 1. The van der Waals surface area contributed by atoms with E-state index in [0.29, 0.717) is 12.3 Å². The number of aryl methyl sites for hydroxylation is 1. The van der Waals surface area contributed by atoms with Crippen molar-refractivity contribution in [2.24, 2.45) is 0 Å². The second-order valence-electron chi connectivity index (χ2n) is 5.69. The van der Waals surface area contributed by atoms with Crippen LogP contribution in [-0.2, 0) is 18.7 Å². The number of hydrogen-bond acceptors (Lipinski definition) is 5. The molecule has 1 N–H and O–H groups in total. The molecule has 0 spiro atoms.